The van der Waals surface area contributed by atoms with Crippen LogP contribution in [0.15, 0.2) is 30.5 Å². The maximum absolute atomic E-state index is 13.7. The predicted octanol–water partition coefficient (Wildman–Crippen LogP) is 3.27. The number of benzene rings is 1. The lowest BCUT2D eigenvalue weighted by molar-refractivity contribution is 0.585. The van der Waals surface area contributed by atoms with Crippen LogP contribution in [0.3, 0.4) is 0 Å². The van der Waals surface area contributed by atoms with Gasteiger partial charge in [-0.2, -0.15) is 5.10 Å². The van der Waals surface area contributed by atoms with Gasteiger partial charge < -0.3 is 0 Å². The van der Waals surface area contributed by atoms with E-state index in [9.17, 15) is 12.8 Å². The molecule has 2 rings (SSSR count). The highest BCUT2D eigenvalue weighted by Crippen LogP contribution is 2.20. The fraction of sp³-hybridized carbons (Fsp3) is 0.357. The molecule has 2 aromatic rings. The lowest BCUT2D eigenvalue weighted by Crippen LogP contribution is -2.17. The Morgan fingerprint density at radius 1 is 1.36 bits per heavy atom. The molecule has 1 N–H and O–H groups in total. The van der Waals surface area contributed by atoms with E-state index >= 15 is 0 Å². The van der Waals surface area contributed by atoms with Gasteiger partial charge in [-0.15, -0.1) is 0 Å². The van der Waals surface area contributed by atoms with E-state index in [1.807, 2.05) is 6.92 Å². The summed E-state index contributed by atoms with van der Waals surface area (Å²) in [6.07, 6.45) is 2.95. The Morgan fingerprint density at radius 2 is 2.14 bits per heavy atom. The van der Waals surface area contributed by atoms with Crippen molar-refractivity contribution in [2.24, 2.45) is 0 Å². The summed E-state index contributed by atoms with van der Waals surface area (Å²) < 4.78 is 41.1. The smallest absolute Gasteiger partial charge is 0.233 e. The highest BCUT2D eigenvalue weighted by atomic mass is 35.5. The first-order chi connectivity index (χ1) is 10.4. The number of hydrogen-bond donors (Lipinski definition) is 1. The van der Waals surface area contributed by atoms with Crippen molar-refractivity contribution in [3.63, 3.8) is 0 Å². The Labute approximate surface area is 134 Å². The number of halogens is 2. The van der Waals surface area contributed by atoms with Crippen molar-refractivity contribution < 1.29 is 12.8 Å². The Morgan fingerprint density at radius 3 is 2.82 bits per heavy atom. The van der Waals surface area contributed by atoms with E-state index in [1.54, 1.807) is 12.3 Å². The van der Waals surface area contributed by atoms with Crippen molar-refractivity contribution in [3.05, 3.63) is 46.9 Å². The summed E-state index contributed by atoms with van der Waals surface area (Å²) in [5.41, 5.74) is 0.313. The van der Waals surface area contributed by atoms with Crippen molar-refractivity contribution in [2.75, 3.05) is 10.5 Å². The minimum Gasteiger partial charge on any atom is -0.266 e. The summed E-state index contributed by atoms with van der Waals surface area (Å²) in [5.74, 6) is -0.160. The average Bonchev–Trinajstić information content (AvgIpc) is 2.87. The number of unbranched alkanes of at least 4 members (excludes halogenated alkanes) is 1. The lowest BCUT2D eigenvalue weighted by atomic mass is 10.2. The molecule has 0 aliphatic rings. The van der Waals surface area contributed by atoms with Crippen LogP contribution in [0.2, 0.25) is 5.02 Å². The number of nitrogens with one attached hydrogen (secondary N) is 1. The van der Waals surface area contributed by atoms with Crippen LogP contribution in [0.5, 0.6) is 0 Å². The van der Waals surface area contributed by atoms with E-state index in [0.717, 1.165) is 6.42 Å². The molecule has 0 saturated heterocycles. The summed E-state index contributed by atoms with van der Waals surface area (Å²) in [6, 6.07) is 5.96. The maximum atomic E-state index is 13.7. The Kier molecular flexibility index (Phi) is 5.42. The average molecular weight is 346 g/mol. The van der Waals surface area contributed by atoms with Gasteiger partial charge in [-0.25, -0.2) is 12.8 Å². The van der Waals surface area contributed by atoms with Gasteiger partial charge >= 0.3 is 0 Å². The normalized spacial score (nSPS) is 11.6. The highest BCUT2D eigenvalue weighted by molar-refractivity contribution is 7.92. The molecule has 0 atom stereocenters. The molecule has 0 unspecified atom stereocenters. The van der Waals surface area contributed by atoms with Crippen LogP contribution in [0.1, 0.15) is 25.3 Å². The minimum atomic E-state index is -3.40. The fourth-order valence-electron chi connectivity index (χ4n) is 1.89. The van der Waals surface area contributed by atoms with Gasteiger partial charge in [-0.05, 0) is 18.6 Å². The van der Waals surface area contributed by atoms with Gasteiger partial charge in [-0.1, -0.05) is 31.0 Å². The van der Waals surface area contributed by atoms with Gasteiger partial charge in [0.05, 0.1) is 12.3 Å². The minimum absolute atomic E-state index is 0.0511. The van der Waals surface area contributed by atoms with E-state index < -0.39 is 15.8 Å². The molecule has 0 spiro atoms. The molecule has 1 aromatic carbocycles. The number of rotatable bonds is 7. The van der Waals surface area contributed by atoms with Crippen molar-refractivity contribution in [2.45, 2.75) is 26.3 Å². The summed E-state index contributed by atoms with van der Waals surface area (Å²) in [5, 5.41) is 4.39. The molecule has 0 saturated carbocycles. The molecular weight excluding hydrogens is 329 g/mol. The quantitative estimate of drug-likeness (QED) is 0.837. The molecule has 120 valence electrons. The van der Waals surface area contributed by atoms with E-state index in [1.165, 1.54) is 22.9 Å². The number of nitrogens with zero attached hydrogens (tertiary/aromatic N) is 2. The maximum Gasteiger partial charge on any atom is 0.233 e. The van der Waals surface area contributed by atoms with Gasteiger partial charge in [-0.3, -0.25) is 9.40 Å². The number of anilines is 1. The molecule has 0 amide bonds. The third-order valence-corrected chi connectivity index (χ3v) is 4.75. The van der Waals surface area contributed by atoms with Crippen molar-refractivity contribution in [3.8, 4) is 0 Å². The predicted molar refractivity (Wildman–Crippen MR) is 85.1 cm³/mol. The van der Waals surface area contributed by atoms with Crippen LogP contribution in [-0.4, -0.2) is 24.0 Å². The van der Waals surface area contributed by atoms with Crippen LogP contribution >= 0.6 is 11.6 Å². The van der Waals surface area contributed by atoms with Crippen LogP contribution in [0.25, 0.3) is 0 Å². The van der Waals surface area contributed by atoms with Gasteiger partial charge in [0.2, 0.25) is 10.0 Å². The van der Waals surface area contributed by atoms with E-state index in [-0.39, 0.29) is 18.1 Å². The van der Waals surface area contributed by atoms with E-state index in [4.69, 9.17) is 11.6 Å². The van der Waals surface area contributed by atoms with Gasteiger partial charge in [0, 0.05) is 22.8 Å². The SMILES string of the molecule is CCCCS(=O)(=O)Nc1ccn(Cc2c(F)cccc2Cl)n1. The second-order valence-electron chi connectivity index (χ2n) is 4.87. The number of aromatic nitrogens is 2. The zero-order valence-electron chi connectivity index (χ0n) is 12.1. The third kappa shape index (κ3) is 4.45. The summed E-state index contributed by atoms with van der Waals surface area (Å²) >= 11 is 5.96. The molecule has 0 radical (unpaired) electrons. The molecule has 22 heavy (non-hydrogen) atoms. The number of hydrogen-bond acceptors (Lipinski definition) is 3. The van der Waals surface area contributed by atoms with E-state index in [2.05, 4.69) is 9.82 Å². The van der Waals surface area contributed by atoms with Gasteiger partial charge in [0.25, 0.3) is 0 Å². The molecule has 8 heteroatoms. The Hall–Kier alpha value is -1.60. The monoisotopic (exact) mass is 345 g/mol. The second-order valence-corrected chi connectivity index (χ2v) is 7.12. The first-order valence-corrected chi connectivity index (χ1v) is 8.91. The van der Waals surface area contributed by atoms with Crippen LogP contribution in [0, 0.1) is 5.82 Å². The van der Waals surface area contributed by atoms with Crippen molar-refractivity contribution in [1.82, 2.24) is 9.78 Å². The van der Waals surface area contributed by atoms with Crippen LogP contribution in [-0.2, 0) is 16.6 Å². The molecule has 0 bridgehead atoms. The van der Waals surface area contributed by atoms with Crippen LogP contribution in [0.4, 0.5) is 10.2 Å². The van der Waals surface area contributed by atoms with Gasteiger partial charge in [0.15, 0.2) is 5.82 Å². The lowest BCUT2D eigenvalue weighted by Gasteiger charge is -2.06. The summed E-state index contributed by atoms with van der Waals surface area (Å²) in [4.78, 5) is 0. The Bertz CT molecular complexity index is 726. The molecule has 0 aliphatic heterocycles. The molecule has 5 nitrogen and oxygen atoms in total. The fourth-order valence-corrected chi connectivity index (χ4v) is 3.32. The van der Waals surface area contributed by atoms with Crippen LogP contribution < -0.4 is 4.72 Å². The van der Waals surface area contributed by atoms with Crippen molar-refractivity contribution >= 4 is 27.4 Å². The summed E-state index contributed by atoms with van der Waals surface area (Å²) in [6.45, 7) is 2.05. The largest absolute Gasteiger partial charge is 0.266 e. The zero-order chi connectivity index (χ0) is 16.2. The molecular formula is C14H17ClFN3O2S. The highest BCUT2D eigenvalue weighted by Gasteiger charge is 2.13. The zero-order valence-corrected chi connectivity index (χ0v) is 13.7. The number of sulfonamides is 1. The molecule has 0 aliphatic carbocycles. The molecule has 0 fully saturated rings. The Balaban J connectivity index is 2.09. The summed E-state index contributed by atoms with van der Waals surface area (Å²) in [7, 11) is -3.40. The van der Waals surface area contributed by atoms with E-state index in [0.29, 0.717) is 17.0 Å². The third-order valence-electron chi connectivity index (χ3n) is 3.05. The van der Waals surface area contributed by atoms with Crippen molar-refractivity contribution in [1.29, 1.82) is 0 Å². The van der Waals surface area contributed by atoms with Gasteiger partial charge in [0.1, 0.15) is 5.82 Å². The second kappa shape index (κ2) is 7.11. The molecule has 1 aromatic heterocycles. The first-order valence-electron chi connectivity index (χ1n) is 6.88. The topological polar surface area (TPSA) is 64.0 Å². The molecule has 1 heterocycles. The first kappa shape index (κ1) is 16.8. The standard InChI is InChI=1S/C14H17ClFN3O2S/c1-2-3-9-22(20,21)18-14-7-8-19(17-14)10-11-12(15)5-4-6-13(11)16/h4-8H,2-3,9-10H2,1H3,(H,17,18).